The SMILES string of the molecule is COC1CCCC1NCc1c(C)nn(C)c1Cl. The molecule has 1 aliphatic carbocycles. The van der Waals surface area contributed by atoms with Crippen molar-refractivity contribution in [2.45, 2.75) is 44.9 Å². The fourth-order valence-electron chi connectivity index (χ4n) is 2.55. The van der Waals surface area contributed by atoms with Gasteiger partial charge in [-0.25, -0.2) is 0 Å². The van der Waals surface area contributed by atoms with Crippen LogP contribution in [0.3, 0.4) is 0 Å². The highest BCUT2D eigenvalue weighted by molar-refractivity contribution is 6.30. The van der Waals surface area contributed by atoms with Gasteiger partial charge < -0.3 is 10.1 Å². The van der Waals surface area contributed by atoms with Crippen LogP contribution in [0, 0.1) is 6.92 Å². The molecule has 96 valence electrons. The zero-order valence-corrected chi connectivity index (χ0v) is 11.4. The topological polar surface area (TPSA) is 39.1 Å². The summed E-state index contributed by atoms with van der Waals surface area (Å²) in [5, 5.41) is 8.56. The molecule has 17 heavy (non-hydrogen) atoms. The van der Waals surface area contributed by atoms with Crippen LogP contribution in [0.5, 0.6) is 0 Å². The van der Waals surface area contributed by atoms with Crippen LogP contribution in [0.4, 0.5) is 0 Å². The van der Waals surface area contributed by atoms with Gasteiger partial charge in [0.2, 0.25) is 0 Å². The molecule has 1 aromatic rings. The molecule has 5 heteroatoms. The minimum atomic E-state index is 0.339. The van der Waals surface area contributed by atoms with Crippen LogP contribution in [0.15, 0.2) is 0 Å². The second-order valence-electron chi connectivity index (χ2n) is 4.67. The fourth-order valence-corrected chi connectivity index (χ4v) is 2.79. The Morgan fingerprint density at radius 1 is 1.53 bits per heavy atom. The van der Waals surface area contributed by atoms with Gasteiger partial charge in [0.15, 0.2) is 0 Å². The summed E-state index contributed by atoms with van der Waals surface area (Å²) in [4.78, 5) is 0. The first-order chi connectivity index (χ1) is 8.13. The number of halogens is 1. The monoisotopic (exact) mass is 257 g/mol. The van der Waals surface area contributed by atoms with Crippen molar-refractivity contribution in [2.24, 2.45) is 7.05 Å². The number of aromatic nitrogens is 2. The number of hydrogen-bond acceptors (Lipinski definition) is 3. The lowest BCUT2D eigenvalue weighted by Crippen LogP contribution is -2.36. The van der Waals surface area contributed by atoms with E-state index < -0.39 is 0 Å². The van der Waals surface area contributed by atoms with E-state index in [1.165, 1.54) is 12.8 Å². The van der Waals surface area contributed by atoms with E-state index in [9.17, 15) is 0 Å². The summed E-state index contributed by atoms with van der Waals surface area (Å²) >= 11 is 6.20. The van der Waals surface area contributed by atoms with Crippen molar-refractivity contribution in [2.75, 3.05) is 7.11 Å². The molecule has 0 aromatic carbocycles. The largest absolute Gasteiger partial charge is 0.380 e. The molecule has 2 atom stereocenters. The van der Waals surface area contributed by atoms with E-state index in [1.807, 2.05) is 14.0 Å². The fraction of sp³-hybridized carbons (Fsp3) is 0.750. The molecular formula is C12H20ClN3O. The van der Waals surface area contributed by atoms with Crippen molar-refractivity contribution >= 4 is 11.6 Å². The van der Waals surface area contributed by atoms with Crippen LogP contribution < -0.4 is 5.32 Å². The number of hydrogen-bond donors (Lipinski definition) is 1. The van der Waals surface area contributed by atoms with Crippen molar-refractivity contribution in [1.29, 1.82) is 0 Å². The highest BCUT2D eigenvalue weighted by Crippen LogP contribution is 2.23. The van der Waals surface area contributed by atoms with Crippen molar-refractivity contribution in [3.8, 4) is 0 Å². The molecule has 2 rings (SSSR count). The van der Waals surface area contributed by atoms with Crippen LogP contribution >= 0.6 is 11.6 Å². The number of nitrogens with one attached hydrogen (secondary N) is 1. The number of aryl methyl sites for hydroxylation is 2. The van der Waals surface area contributed by atoms with E-state index in [2.05, 4.69) is 10.4 Å². The molecule has 1 fully saturated rings. The Labute approximate surface area is 107 Å². The maximum Gasteiger partial charge on any atom is 0.131 e. The van der Waals surface area contributed by atoms with Crippen LogP contribution in [-0.2, 0) is 18.3 Å². The lowest BCUT2D eigenvalue weighted by molar-refractivity contribution is 0.0847. The number of methoxy groups -OCH3 is 1. The minimum absolute atomic E-state index is 0.339. The predicted molar refractivity (Wildman–Crippen MR) is 68.2 cm³/mol. The van der Waals surface area contributed by atoms with Crippen molar-refractivity contribution < 1.29 is 4.74 Å². The Hall–Kier alpha value is -0.580. The third kappa shape index (κ3) is 2.64. The Balaban J connectivity index is 1.97. The van der Waals surface area contributed by atoms with Crippen molar-refractivity contribution in [3.63, 3.8) is 0 Å². The van der Waals surface area contributed by atoms with E-state index >= 15 is 0 Å². The summed E-state index contributed by atoms with van der Waals surface area (Å²) in [6.45, 7) is 2.76. The molecule has 0 saturated heterocycles. The molecule has 0 bridgehead atoms. The summed E-state index contributed by atoms with van der Waals surface area (Å²) in [7, 11) is 3.65. The van der Waals surface area contributed by atoms with Crippen LogP contribution in [0.25, 0.3) is 0 Å². The van der Waals surface area contributed by atoms with Crippen molar-refractivity contribution in [1.82, 2.24) is 15.1 Å². The summed E-state index contributed by atoms with van der Waals surface area (Å²) < 4.78 is 7.18. The van der Waals surface area contributed by atoms with Crippen LogP contribution in [0.1, 0.15) is 30.5 Å². The molecule has 0 aliphatic heterocycles. The Kier molecular flexibility index (Phi) is 4.07. The summed E-state index contributed by atoms with van der Waals surface area (Å²) in [6.07, 6.45) is 3.89. The molecule has 1 saturated carbocycles. The standard InChI is InChI=1S/C12H20ClN3O/c1-8-9(12(13)16(2)15-8)7-14-10-5-4-6-11(10)17-3/h10-11,14H,4-7H2,1-3H3. The highest BCUT2D eigenvalue weighted by Gasteiger charge is 2.27. The van der Waals surface area contributed by atoms with Crippen LogP contribution in [0.2, 0.25) is 5.15 Å². The number of rotatable bonds is 4. The van der Waals surface area contributed by atoms with Gasteiger partial charge in [-0.1, -0.05) is 11.6 Å². The third-order valence-electron chi connectivity index (χ3n) is 3.57. The summed E-state index contributed by atoms with van der Waals surface area (Å²) in [5.41, 5.74) is 2.09. The molecule has 1 N–H and O–H groups in total. The molecule has 2 unspecified atom stereocenters. The first-order valence-electron chi connectivity index (χ1n) is 6.07. The smallest absolute Gasteiger partial charge is 0.131 e. The first-order valence-corrected chi connectivity index (χ1v) is 6.45. The van der Waals surface area contributed by atoms with E-state index in [-0.39, 0.29) is 0 Å². The Bertz CT molecular complexity index is 391. The van der Waals surface area contributed by atoms with Gasteiger partial charge in [0.1, 0.15) is 5.15 Å². The molecule has 0 amide bonds. The highest BCUT2D eigenvalue weighted by atomic mass is 35.5. The van der Waals surface area contributed by atoms with E-state index in [1.54, 1.807) is 11.8 Å². The van der Waals surface area contributed by atoms with Gasteiger partial charge in [0, 0.05) is 32.3 Å². The maximum absolute atomic E-state index is 6.20. The molecule has 4 nitrogen and oxygen atoms in total. The van der Waals surface area contributed by atoms with Gasteiger partial charge >= 0.3 is 0 Å². The number of nitrogens with zero attached hydrogens (tertiary/aromatic N) is 2. The average molecular weight is 258 g/mol. The van der Waals surface area contributed by atoms with Gasteiger partial charge in [-0.3, -0.25) is 4.68 Å². The minimum Gasteiger partial charge on any atom is -0.380 e. The number of ether oxygens (including phenoxy) is 1. The van der Waals surface area contributed by atoms with Crippen molar-refractivity contribution in [3.05, 3.63) is 16.4 Å². The molecule has 0 radical (unpaired) electrons. The third-order valence-corrected chi connectivity index (χ3v) is 4.04. The van der Waals surface area contributed by atoms with E-state index in [0.29, 0.717) is 12.1 Å². The Morgan fingerprint density at radius 2 is 2.29 bits per heavy atom. The lowest BCUT2D eigenvalue weighted by atomic mass is 10.2. The van der Waals surface area contributed by atoms with Gasteiger partial charge in [-0.15, -0.1) is 0 Å². The Morgan fingerprint density at radius 3 is 2.88 bits per heavy atom. The van der Waals surface area contributed by atoms with Gasteiger partial charge in [-0.2, -0.15) is 5.10 Å². The quantitative estimate of drug-likeness (QED) is 0.897. The van der Waals surface area contributed by atoms with Gasteiger partial charge in [0.05, 0.1) is 11.8 Å². The normalized spacial score (nSPS) is 24.5. The zero-order valence-electron chi connectivity index (χ0n) is 10.7. The lowest BCUT2D eigenvalue weighted by Gasteiger charge is -2.19. The zero-order chi connectivity index (χ0) is 12.4. The van der Waals surface area contributed by atoms with Crippen LogP contribution in [-0.4, -0.2) is 29.0 Å². The molecule has 0 spiro atoms. The first kappa shape index (κ1) is 12.9. The average Bonchev–Trinajstić information content (AvgIpc) is 2.84. The maximum atomic E-state index is 6.20. The summed E-state index contributed by atoms with van der Waals surface area (Å²) in [6, 6.07) is 0.440. The van der Waals surface area contributed by atoms with Gasteiger partial charge in [0.25, 0.3) is 0 Å². The summed E-state index contributed by atoms with van der Waals surface area (Å²) in [5.74, 6) is 0. The van der Waals surface area contributed by atoms with E-state index in [4.69, 9.17) is 16.3 Å². The molecule has 1 aliphatic rings. The second-order valence-corrected chi connectivity index (χ2v) is 5.03. The predicted octanol–water partition coefficient (Wildman–Crippen LogP) is 2.04. The molecule has 1 aromatic heterocycles. The second kappa shape index (κ2) is 5.38. The molecule has 1 heterocycles. The van der Waals surface area contributed by atoms with E-state index in [0.717, 1.165) is 29.4 Å². The molecular weight excluding hydrogens is 238 g/mol. The van der Waals surface area contributed by atoms with Gasteiger partial charge in [-0.05, 0) is 26.2 Å².